The molecule has 0 spiro atoms. The van der Waals surface area contributed by atoms with Gasteiger partial charge in [-0.1, -0.05) is 31.0 Å². The largest absolute Gasteiger partial charge is 0.393 e. The number of hydrogen-bond acceptors (Lipinski definition) is 4. The van der Waals surface area contributed by atoms with Crippen LogP contribution in [0.5, 0.6) is 0 Å². The molecule has 25 heavy (non-hydrogen) atoms. The smallest absolute Gasteiger partial charge is 0.253 e. The summed E-state index contributed by atoms with van der Waals surface area (Å²) < 4.78 is 0. The van der Waals surface area contributed by atoms with Crippen molar-refractivity contribution < 1.29 is 9.90 Å². The number of benzene rings is 1. The van der Waals surface area contributed by atoms with Gasteiger partial charge in [0.05, 0.1) is 11.7 Å². The van der Waals surface area contributed by atoms with Gasteiger partial charge in [0.1, 0.15) is 0 Å². The first-order chi connectivity index (χ1) is 12.2. The van der Waals surface area contributed by atoms with E-state index >= 15 is 0 Å². The van der Waals surface area contributed by atoms with E-state index in [0.717, 1.165) is 36.9 Å². The minimum atomic E-state index is -0.298. The number of nitrogens with zero attached hydrogens (tertiary/aromatic N) is 1. The Morgan fingerprint density at radius 2 is 2.00 bits per heavy atom. The van der Waals surface area contributed by atoms with Crippen molar-refractivity contribution in [2.75, 3.05) is 11.9 Å². The number of carbonyl (C=O) groups is 1. The van der Waals surface area contributed by atoms with Crippen molar-refractivity contribution in [1.82, 2.24) is 10.3 Å². The Labute approximate surface area is 148 Å². The maximum Gasteiger partial charge on any atom is 0.253 e. The van der Waals surface area contributed by atoms with Crippen LogP contribution in [0, 0.1) is 5.92 Å². The van der Waals surface area contributed by atoms with Crippen LogP contribution >= 0.6 is 0 Å². The molecule has 5 heteroatoms. The van der Waals surface area contributed by atoms with E-state index in [0.29, 0.717) is 18.7 Å². The molecule has 132 valence electrons. The molecular formula is C20H25N3O2. The zero-order chi connectivity index (χ0) is 17.5. The summed E-state index contributed by atoms with van der Waals surface area (Å²) in [6, 6.07) is 11.4. The van der Waals surface area contributed by atoms with Crippen molar-refractivity contribution in [2.24, 2.45) is 5.92 Å². The Morgan fingerprint density at radius 1 is 1.16 bits per heavy atom. The van der Waals surface area contributed by atoms with Gasteiger partial charge in [-0.25, -0.2) is 0 Å². The number of anilines is 1. The van der Waals surface area contributed by atoms with Crippen LogP contribution in [-0.4, -0.2) is 28.6 Å². The maximum atomic E-state index is 12.6. The highest BCUT2D eigenvalue weighted by atomic mass is 16.3. The van der Waals surface area contributed by atoms with Crippen LogP contribution in [0.25, 0.3) is 0 Å². The zero-order valence-corrected chi connectivity index (χ0v) is 14.3. The van der Waals surface area contributed by atoms with E-state index < -0.39 is 0 Å². The highest BCUT2D eigenvalue weighted by Crippen LogP contribution is 2.24. The Balaban J connectivity index is 1.60. The number of aliphatic hydroxyl groups excluding tert-OH is 1. The van der Waals surface area contributed by atoms with Gasteiger partial charge in [-0.05, 0) is 36.6 Å². The first-order valence-electron chi connectivity index (χ1n) is 8.92. The Kier molecular flexibility index (Phi) is 6.01. The van der Waals surface area contributed by atoms with Crippen LogP contribution in [0.1, 0.15) is 41.6 Å². The molecule has 1 fully saturated rings. The van der Waals surface area contributed by atoms with E-state index in [1.54, 1.807) is 12.4 Å². The van der Waals surface area contributed by atoms with Crippen LogP contribution in [-0.2, 0) is 6.54 Å². The summed E-state index contributed by atoms with van der Waals surface area (Å²) in [5, 5.41) is 16.3. The minimum Gasteiger partial charge on any atom is -0.393 e. The molecule has 0 radical (unpaired) electrons. The SMILES string of the molecule is O=C(NC[C@@H]1CCCC[C@@H]1O)c1ccccc1NCc1cccnc1. The molecule has 5 nitrogen and oxygen atoms in total. The van der Waals surface area contributed by atoms with Crippen molar-refractivity contribution in [3.8, 4) is 0 Å². The lowest BCUT2D eigenvalue weighted by Gasteiger charge is -2.27. The predicted octanol–water partition coefficient (Wildman–Crippen LogP) is 2.97. The fourth-order valence-corrected chi connectivity index (χ4v) is 3.28. The molecule has 0 bridgehead atoms. The van der Waals surface area contributed by atoms with E-state index in [2.05, 4.69) is 15.6 Å². The second-order valence-corrected chi connectivity index (χ2v) is 6.58. The lowest BCUT2D eigenvalue weighted by molar-refractivity contribution is 0.0663. The molecular weight excluding hydrogens is 314 g/mol. The first kappa shape index (κ1) is 17.4. The Hall–Kier alpha value is -2.40. The number of carbonyl (C=O) groups excluding carboxylic acids is 1. The van der Waals surface area contributed by atoms with Gasteiger partial charge < -0.3 is 15.7 Å². The van der Waals surface area contributed by atoms with Crippen LogP contribution < -0.4 is 10.6 Å². The summed E-state index contributed by atoms with van der Waals surface area (Å²) in [5.41, 5.74) is 2.48. The van der Waals surface area contributed by atoms with Crippen molar-refractivity contribution in [3.63, 3.8) is 0 Å². The molecule has 2 aromatic rings. The van der Waals surface area contributed by atoms with E-state index in [1.165, 1.54) is 0 Å². The van der Waals surface area contributed by atoms with Crippen molar-refractivity contribution in [1.29, 1.82) is 0 Å². The molecule has 2 atom stereocenters. The number of para-hydroxylation sites is 1. The van der Waals surface area contributed by atoms with E-state index in [4.69, 9.17) is 0 Å². The van der Waals surface area contributed by atoms with Gasteiger partial charge >= 0.3 is 0 Å². The van der Waals surface area contributed by atoms with Crippen LogP contribution in [0.4, 0.5) is 5.69 Å². The van der Waals surface area contributed by atoms with Gasteiger partial charge in [-0.15, -0.1) is 0 Å². The number of aliphatic hydroxyl groups is 1. The second-order valence-electron chi connectivity index (χ2n) is 6.58. The zero-order valence-electron chi connectivity index (χ0n) is 14.3. The van der Waals surface area contributed by atoms with Crippen molar-refractivity contribution in [2.45, 2.75) is 38.3 Å². The van der Waals surface area contributed by atoms with Crippen LogP contribution in [0.3, 0.4) is 0 Å². The highest BCUT2D eigenvalue weighted by molar-refractivity contribution is 5.99. The van der Waals surface area contributed by atoms with Gasteiger partial charge in [0.25, 0.3) is 5.91 Å². The van der Waals surface area contributed by atoms with Gasteiger partial charge in [0.2, 0.25) is 0 Å². The summed E-state index contributed by atoms with van der Waals surface area (Å²) in [6.45, 7) is 1.14. The lowest BCUT2D eigenvalue weighted by atomic mass is 9.86. The highest BCUT2D eigenvalue weighted by Gasteiger charge is 2.23. The van der Waals surface area contributed by atoms with Crippen molar-refractivity contribution in [3.05, 3.63) is 59.9 Å². The Bertz CT molecular complexity index is 690. The number of rotatable bonds is 6. The summed E-state index contributed by atoms with van der Waals surface area (Å²) in [7, 11) is 0. The Morgan fingerprint density at radius 3 is 2.80 bits per heavy atom. The average molecular weight is 339 g/mol. The fourth-order valence-electron chi connectivity index (χ4n) is 3.28. The number of amides is 1. The number of hydrogen-bond donors (Lipinski definition) is 3. The summed E-state index contributed by atoms with van der Waals surface area (Å²) in [6.07, 6.45) is 7.26. The average Bonchev–Trinajstić information content (AvgIpc) is 2.66. The van der Waals surface area contributed by atoms with Crippen LogP contribution in [0.15, 0.2) is 48.8 Å². The van der Waals surface area contributed by atoms with Gasteiger partial charge in [0, 0.05) is 37.1 Å². The summed E-state index contributed by atoms with van der Waals surface area (Å²) >= 11 is 0. The molecule has 1 heterocycles. The quantitative estimate of drug-likeness (QED) is 0.756. The minimum absolute atomic E-state index is 0.105. The molecule has 0 aliphatic heterocycles. The molecule has 0 unspecified atom stereocenters. The third-order valence-corrected chi connectivity index (χ3v) is 4.77. The molecule has 3 N–H and O–H groups in total. The fraction of sp³-hybridized carbons (Fsp3) is 0.400. The number of aromatic nitrogens is 1. The third kappa shape index (κ3) is 4.79. The van der Waals surface area contributed by atoms with Gasteiger partial charge in [-0.2, -0.15) is 0 Å². The number of pyridine rings is 1. The maximum absolute atomic E-state index is 12.6. The first-order valence-corrected chi connectivity index (χ1v) is 8.92. The van der Waals surface area contributed by atoms with Crippen LogP contribution in [0.2, 0.25) is 0 Å². The molecule has 1 aliphatic carbocycles. The van der Waals surface area contributed by atoms with Gasteiger partial charge in [-0.3, -0.25) is 9.78 Å². The number of nitrogens with one attached hydrogen (secondary N) is 2. The normalized spacial score (nSPS) is 20.0. The third-order valence-electron chi connectivity index (χ3n) is 4.77. The summed E-state index contributed by atoms with van der Waals surface area (Å²) in [4.78, 5) is 16.7. The van der Waals surface area contributed by atoms with E-state index in [1.807, 2.05) is 36.4 Å². The lowest BCUT2D eigenvalue weighted by Crippen LogP contribution is -2.36. The molecule has 0 saturated heterocycles. The molecule has 1 amide bonds. The van der Waals surface area contributed by atoms with E-state index in [-0.39, 0.29) is 17.9 Å². The molecule has 1 aliphatic rings. The van der Waals surface area contributed by atoms with Gasteiger partial charge in [0.15, 0.2) is 0 Å². The monoisotopic (exact) mass is 339 g/mol. The van der Waals surface area contributed by atoms with E-state index in [9.17, 15) is 9.90 Å². The second kappa shape index (κ2) is 8.62. The molecule has 1 saturated carbocycles. The standard InChI is InChI=1S/C20H25N3O2/c24-19-10-4-1-7-16(19)14-23-20(25)17-8-2-3-9-18(17)22-13-15-6-5-11-21-12-15/h2-3,5-6,8-9,11-12,16,19,22,24H,1,4,7,10,13-14H2,(H,23,25)/t16-,19-/m0/s1. The molecule has 1 aromatic carbocycles. The molecule has 3 rings (SSSR count). The predicted molar refractivity (Wildman–Crippen MR) is 98.3 cm³/mol. The van der Waals surface area contributed by atoms with Crippen molar-refractivity contribution >= 4 is 11.6 Å². The summed E-state index contributed by atoms with van der Waals surface area (Å²) in [5.74, 6) is 0.0558. The molecule has 1 aromatic heterocycles. The topological polar surface area (TPSA) is 74.2 Å².